The van der Waals surface area contributed by atoms with Crippen LogP contribution in [0.3, 0.4) is 0 Å². The molecule has 1 fully saturated rings. The van der Waals surface area contributed by atoms with E-state index in [9.17, 15) is 5.11 Å². The van der Waals surface area contributed by atoms with Crippen LogP contribution in [0.15, 0.2) is 0 Å². The quantitative estimate of drug-likeness (QED) is 0.729. The van der Waals surface area contributed by atoms with Crippen molar-refractivity contribution in [3.05, 3.63) is 0 Å². The van der Waals surface area contributed by atoms with Crippen LogP contribution in [0.1, 0.15) is 41.0 Å². The number of nitrogens with one attached hydrogen (secondary N) is 1. The van der Waals surface area contributed by atoms with Gasteiger partial charge in [0.25, 0.3) is 0 Å². The molecule has 0 aromatic carbocycles. The lowest BCUT2D eigenvalue weighted by atomic mass is 9.64. The lowest BCUT2D eigenvalue weighted by molar-refractivity contribution is -0.124. The SMILES string of the molecule is CC(C)COC1CC(NC[C@@H](C)O)C1(C)C. The molecule has 0 bridgehead atoms. The van der Waals surface area contributed by atoms with Gasteiger partial charge in [0.1, 0.15) is 0 Å². The lowest BCUT2D eigenvalue weighted by Gasteiger charge is -2.52. The van der Waals surface area contributed by atoms with E-state index in [2.05, 4.69) is 33.0 Å². The average Bonchev–Trinajstić information content (AvgIpc) is 2.14. The van der Waals surface area contributed by atoms with Gasteiger partial charge >= 0.3 is 0 Å². The fraction of sp³-hybridized carbons (Fsp3) is 1.00. The molecule has 3 heteroatoms. The van der Waals surface area contributed by atoms with Crippen LogP contribution in [0.5, 0.6) is 0 Å². The van der Waals surface area contributed by atoms with Crippen molar-refractivity contribution < 1.29 is 9.84 Å². The normalized spacial score (nSPS) is 30.2. The summed E-state index contributed by atoms with van der Waals surface area (Å²) in [6.45, 7) is 12.2. The van der Waals surface area contributed by atoms with E-state index in [1.165, 1.54) is 0 Å². The number of rotatable bonds is 6. The second-order valence-corrected chi connectivity index (χ2v) is 6.08. The highest BCUT2D eigenvalue weighted by molar-refractivity contribution is 5.02. The predicted molar refractivity (Wildman–Crippen MR) is 66.4 cm³/mol. The van der Waals surface area contributed by atoms with Gasteiger partial charge in [0.2, 0.25) is 0 Å². The van der Waals surface area contributed by atoms with Crippen molar-refractivity contribution in [1.82, 2.24) is 5.32 Å². The molecule has 3 nitrogen and oxygen atoms in total. The summed E-state index contributed by atoms with van der Waals surface area (Å²) in [5.74, 6) is 0.597. The number of hydrogen-bond acceptors (Lipinski definition) is 3. The highest BCUT2D eigenvalue weighted by Gasteiger charge is 2.48. The van der Waals surface area contributed by atoms with Gasteiger partial charge in [-0.15, -0.1) is 0 Å². The van der Waals surface area contributed by atoms with Gasteiger partial charge in [-0.3, -0.25) is 0 Å². The molecular weight excluding hydrogens is 202 g/mol. The van der Waals surface area contributed by atoms with Crippen molar-refractivity contribution >= 4 is 0 Å². The zero-order chi connectivity index (χ0) is 12.3. The average molecular weight is 229 g/mol. The number of aliphatic hydroxyl groups excluding tert-OH is 1. The van der Waals surface area contributed by atoms with Crippen LogP contribution in [0.2, 0.25) is 0 Å². The fourth-order valence-electron chi connectivity index (χ4n) is 2.14. The molecular formula is C13H27NO2. The van der Waals surface area contributed by atoms with Crippen LogP contribution in [0.25, 0.3) is 0 Å². The van der Waals surface area contributed by atoms with Crippen molar-refractivity contribution in [2.45, 2.75) is 59.3 Å². The molecule has 16 heavy (non-hydrogen) atoms. The Balaban J connectivity index is 2.29. The molecule has 96 valence electrons. The highest BCUT2D eigenvalue weighted by atomic mass is 16.5. The van der Waals surface area contributed by atoms with Crippen LogP contribution in [0.4, 0.5) is 0 Å². The van der Waals surface area contributed by atoms with E-state index in [0.29, 0.717) is 24.6 Å². The molecule has 0 heterocycles. The van der Waals surface area contributed by atoms with E-state index in [1.807, 2.05) is 6.92 Å². The van der Waals surface area contributed by atoms with Gasteiger partial charge in [-0.25, -0.2) is 0 Å². The van der Waals surface area contributed by atoms with Crippen LogP contribution in [0, 0.1) is 11.3 Å². The summed E-state index contributed by atoms with van der Waals surface area (Å²) in [6, 6.07) is 0.472. The number of aliphatic hydroxyl groups is 1. The van der Waals surface area contributed by atoms with Crippen LogP contribution in [-0.4, -0.2) is 36.5 Å². The molecule has 0 amide bonds. The van der Waals surface area contributed by atoms with E-state index >= 15 is 0 Å². The molecule has 0 radical (unpaired) electrons. The summed E-state index contributed by atoms with van der Waals surface area (Å²) < 4.78 is 5.89. The van der Waals surface area contributed by atoms with Crippen LogP contribution in [-0.2, 0) is 4.74 Å². The smallest absolute Gasteiger partial charge is 0.0656 e. The van der Waals surface area contributed by atoms with E-state index in [0.717, 1.165) is 13.0 Å². The summed E-state index contributed by atoms with van der Waals surface area (Å²) in [5, 5.41) is 12.6. The third kappa shape index (κ3) is 3.44. The third-order valence-corrected chi connectivity index (χ3v) is 3.47. The van der Waals surface area contributed by atoms with Gasteiger partial charge in [-0.2, -0.15) is 0 Å². The summed E-state index contributed by atoms with van der Waals surface area (Å²) in [6.07, 6.45) is 1.15. The van der Waals surface area contributed by atoms with Gasteiger partial charge in [0.15, 0.2) is 0 Å². The van der Waals surface area contributed by atoms with Crippen LogP contribution >= 0.6 is 0 Å². The molecule has 0 aliphatic heterocycles. The first-order valence-corrected chi connectivity index (χ1v) is 6.37. The maximum atomic E-state index is 9.24. The Kier molecular flexibility index (Phi) is 4.77. The van der Waals surface area contributed by atoms with Gasteiger partial charge in [0.05, 0.1) is 12.2 Å². The zero-order valence-corrected chi connectivity index (χ0v) is 11.3. The Labute approximate surface area is 99.6 Å². The maximum Gasteiger partial charge on any atom is 0.0656 e. The Morgan fingerprint density at radius 3 is 2.44 bits per heavy atom. The van der Waals surface area contributed by atoms with Crippen molar-refractivity contribution in [1.29, 1.82) is 0 Å². The van der Waals surface area contributed by atoms with Crippen molar-refractivity contribution in [2.75, 3.05) is 13.2 Å². The minimum atomic E-state index is -0.272. The standard InChI is InChI=1S/C13H27NO2/c1-9(2)8-16-12-6-11(13(12,4)5)14-7-10(3)15/h9-12,14-15H,6-8H2,1-5H3/t10-,11?,12?/m1/s1. The predicted octanol–water partition coefficient (Wildman–Crippen LogP) is 1.80. The molecule has 0 aromatic heterocycles. The molecule has 0 saturated heterocycles. The van der Waals surface area contributed by atoms with E-state index in [-0.39, 0.29) is 11.5 Å². The molecule has 1 aliphatic rings. The summed E-state index contributed by atoms with van der Waals surface area (Å²) in [7, 11) is 0. The van der Waals surface area contributed by atoms with Crippen molar-refractivity contribution in [2.24, 2.45) is 11.3 Å². The molecule has 0 aromatic rings. The Bertz CT molecular complexity index is 194. The van der Waals surface area contributed by atoms with Gasteiger partial charge in [-0.1, -0.05) is 27.7 Å². The number of ether oxygens (including phenoxy) is 1. The lowest BCUT2D eigenvalue weighted by Crippen LogP contribution is -2.61. The highest BCUT2D eigenvalue weighted by Crippen LogP contribution is 2.42. The summed E-state index contributed by atoms with van der Waals surface area (Å²) in [5.41, 5.74) is 0.184. The third-order valence-electron chi connectivity index (χ3n) is 3.47. The molecule has 1 rings (SSSR count). The maximum absolute atomic E-state index is 9.24. The monoisotopic (exact) mass is 229 g/mol. The van der Waals surface area contributed by atoms with E-state index in [4.69, 9.17) is 4.74 Å². The molecule has 1 saturated carbocycles. The minimum Gasteiger partial charge on any atom is -0.392 e. The fourth-order valence-corrected chi connectivity index (χ4v) is 2.14. The molecule has 2 N–H and O–H groups in total. The zero-order valence-electron chi connectivity index (χ0n) is 11.3. The Morgan fingerprint density at radius 1 is 1.38 bits per heavy atom. The van der Waals surface area contributed by atoms with Gasteiger partial charge in [0, 0.05) is 24.6 Å². The molecule has 2 unspecified atom stereocenters. The van der Waals surface area contributed by atoms with Gasteiger partial charge in [-0.05, 0) is 19.3 Å². The minimum absolute atomic E-state index is 0.184. The molecule has 3 atom stereocenters. The largest absolute Gasteiger partial charge is 0.392 e. The number of hydrogen-bond donors (Lipinski definition) is 2. The topological polar surface area (TPSA) is 41.5 Å². The summed E-state index contributed by atoms with van der Waals surface area (Å²) >= 11 is 0. The van der Waals surface area contributed by atoms with Crippen molar-refractivity contribution in [3.8, 4) is 0 Å². The van der Waals surface area contributed by atoms with Gasteiger partial charge < -0.3 is 15.2 Å². The summed E-state index contributed by atoms with van der Waals surface area (Å²) in [4.78, 5) is 0. The van der Waals surface area contributed by atoms with E-state index in [1.54, 1.807) is 0 Å². The second kappa shape index (κ2) is 5.48. The second-order valence-electron chi connectivity index (χ2n) is 6.08. The molecule has 1 aliphatic carbocycles. The first-order chi connectivity index (χ1) is 7.34. The Morgan fingerprint density at radius 2 is 2.00 bits per heavy atom. The Hall–Kier alpha value is -0.120. The first-order valence-electron chi connectivity index (χ1n) is 6.37. The first kappa shape index (κ1) is 13.9. The van der Waals surface area contributed by atoms with E-state index < -0.39 is 0 Å². The van der Waals surface area contributed by atoms with Crippen LogP contribution < -0.4 is 5.32 Å². The van der Waals surface area contributed by atoms with Crippen molar-refractivity contribution in [3.63, 3.8) is 0 Å². The molecule has 0 spiro atoms.